The van der Waals surface area contributed by atoms with E-state index in [2.05, 4.69) is 0 Å². The lowest BCUT2D eigenvalue weighted by Gasteiger charge is -2.19. The van der Waals surface area contributed by atoms with Gasteiger partial charge in [0.25, 0.3) is 5.69 Å². The van der Waals surface area contributed by atoms with Gasteiger partial charge in [-0.15, -0.1) is 0 Å². The second-order valence-electron chi connectivity index (χ2n) is 7.62. The molecule has 1 aliphatic rings. The van der Waals surface area contributed by atoms with Gasteiger partial charge < -0.3 is 14.2 Å². The molecule has 1 heterocycles. The molecule has 164 valence electrons. The van der Waals surface area contributed by atoms with Crippen molar-refractivity contribution in [3.05, 3.63) is 117 Å². The Hall–Kier alpha value is -3.48. The zero-order valence-corrected chi connectivity index (χ0v) is 17.6. The van der Waals surface area contributed by atoms with Gasteiger partial charge in [-0.2, -0.15) is 0 Å². The molecule has 1 saturated heterocycles. The summed E-state index contributed by atoms with van der Waals surface area (Å²) >= 11 is 0. The van der Waals surface area contributed by atoms with Gasteiger partial charge in [-0.1, -0.05) is 72.8 Å². The Morgan fingerprint density at radius 1 is 0.906 bits per heavy atom. The summed E-state index contributed by atoms with van der Waals surface area (Å²) in [5.41, 5.74) is 2.73. The van der Waals surface area contributed by atoms with E-state index in [1.54, 1.807) is 24.3 Å². The van der Waals surface area contributed by atoms with Crippen molar-refractivity contribution in [2.45, 2.75) is 31.8 Å². The van der Waals surface area contributed by atoms with Gasteiger partial charge in [0.05, 0.1) is 30.3 Å². The van der Waals surface area contributed by atoms with E-state index in [1.165, 1.54) is 6.07 Å². The maximum Gasteiger partial charge on any atom is 0.276 e. The largest absolute Gasteiger partial charge is 0.489 e. The first kappa shape index (κ1) is 21.7. The molecule has 0 saturated carbocycles. The lowest BCUT2D eigenvalue weighted by Crippen LogP contribution is -2.29. The molecule has 0 N–H and O–H groups in total. The highest BCUT2D eigenvalue weighted by atomic mass is 16.6. The predicted molar refractivity (Wildman–Crippen MR) is 122 cm³/mol. The Bertz CT molecular complexity index is 1050. The standard InChI is InChI=1S/C26H25NO5/c28-27(29)24-14-8-7-13-22(24)15-23-16-25(31-18-21-11-5-2-6-12-21)26(32-23)19-30-17-20-9-3-1-4-10-20/h1-15,25-26H,16-19H2/b23-15-/t25-,26+/m0/s1. The zero-order chi connectivity index (χ0) is 22.2. The molecule has 0 unspecified atom stereocenters. The molecule has 0 aromatic heterocycles. The summed E-state index contributed by atoms with van der Waals surface area (Å²) in [5.74, 6) is 0.658. The fraction of sp³-hybridized carbons (Fsp3) is 0.231. The summed E-state index contributed by atoms with van der Waals surface area (Å²) in [6.45, 7) is 1.31. The van der Waals surface area contributed by atoms with Crippen molar-refractivity contribution < 1.29 is 19.1 Å². The maximum absolute atomic E-state index is 11.4. The first-order chi connectivity index (χ1) is 15.7. The summed E-state index contributed by atoms with van der Waals surface area (Å²) in [6, 6.07) is 26.5. The molecule has 3 aromatic carbocycles. The summed E-state index contributed by atoms with van der Waals surface area (Å²) < 4.78 is 18.2. The van der Waals surface area contributed by atoms with Crippen LogP contribution in [0.3, 0.4) is 0 Å². The number of benzene rings is 3. The number of para-hydroxylation sites is 1. The molecule has 32 heavy (non-hydrogen) atoms. The van der Waals surface area contributed by atoms with Crippen LogP contribution in [0.5, 0.6) is 0 Å². The lowest BCUT2D eigenvalue weighted by atomic mass is 10.1. The molecular formula is C26H25NO5. The van der Waals surface area contributed by atoms with Gasteiger partial charge in [-0.3, -0.25) is 10.1 Å². The van der Waals surface area contributed by atoms with Gasteiger partial charge in [-0.25, -0.2) is 0 Å². The first-order valence-corrected chi connectivity index (χ1v) is 10.6. The van der Waals surface area contributed by atoms with Crippen LogP contribution in [-0.2, 0) is 27.4 Å². The van der Waals surface area contributed by atoms with E-state index >= 15 is 0 Å². The van der Waals surface area contributed by atoms with E-state index in [4.69, 9.17) is 14.2 Å². The number of nitro benzene ring substituents is 1. The third kappa shape index (κ3) is 5.81. The molecule has 6 nitrogen and oxygen atoms in total. The molecule has 0 spiro atoms. The van der Waals surface area contributed by atoms with Crippen molar-refractivity contribution in [2.75, 3.05) is 6.61 Å². The normalized spacial score (nSPS) is 19.1. The smallest absolute Gasteiger partial charge is 0.276 e. The van der Waals surface area contributed by atoms with Crippen molar-refractivity contribution in [1.82, 2.24) is 0 Å². The summed E-state index contributed by atoms with van der Waals surface area (Å²) in [5, 5.41) is 11.4. The Morgan fingerprint density at radius 2 is 1.53 bits per heavy atom. The summed E-state index contributed by atoms with van der Waals surface area (Å²) in [4.78, 5) is 11.0. The van der Waals surface area contributed by atoms with Gasteiger partial charge in [0.1, 0.15) is 18.0 Å². The number of nitrogens with zero attached hydrogens (tertiary/aromatic N) is 1. The summed E-state index contributed by atoms with van der Waals surface area (Å²) in [6.07, 6.45) is 1.75. The van der Waals surface area contributed by atoms with Crippen molar-refractivity contribution in [3.63, 3.8) is 0 Å². The molecule has 4 rings (SSSR count). The number of rotatable bonds is 9. The van der Waals surface area contributed by atoms with Gasteiger partial charge in [0.2, 0.25) is 0 Å². The molecule has 3 aromatic rings. The minimum absolute atomic E-state index is 0.0501. The van der Waals surface area contributed by atoms with Gasteiger partial charge >= 0.3 is 0 Å². The van der Waals surface area contributed by atoms with Crippen LogP contribution < -0.4 is 0 Å². The summed E-state index contributed by atoms with van der Waals surface area (Å²) in [7, 11) is 0. The average Bonchev–Trinajstić information content (AvgIpc) is 3.20. The number of hydrogen-bond donors (Lipinski definition) is 0. The molecule has 0 bridgehead atoms. The predicted octanol–water partition coefficient (Wildman–Crippen LogP) is 5.53. The van der Waals surface area contributed by atoms with Gasteiger partial charge in [0.15, 0.2) is 0 Å². The fourth-order valence-corrected chi connectivity index (χ4v) is 3.64. The topological polar surface area (TPSA) is 70.8 Å². The van der Waals surface area contributed by atoms with Crippen LogP contribution >= 0.6 is 0 Å². The van der Waals surface area contributed by atoms with Gasteiger partial charge in [0, 0.05) is 12.5 Å². The Kier molecular flexibility index (Phi) is 7.27. The lowest BCUT2D eigenvalue weighted by molar-refractivity contribution is -0.385. The highest BCUT2D eigenvalue weighted by Crippen LogP contribution is 2.31. The highest BCUT2D eigenvalue weighted by Gasteiger charge is 2.34. The van der Waals surface area contributed by atoms with E-state index in [-0.39, 0.29) is 22.8 Å². The number of hydrogen-bond acceptors (Lipinski definition) is 5. The number of ether oxygens (including phenoxy) is 3. The highest BCUT2D eigenvalue weighted by molar-refractivity contribution is 5.62. The Morgan fingerprint density at radius 3 is 2.22 bits per heavy atom. The van der Waals surface area contributed by atoms with Crippen LogP contribution in [0, 0.1) is 10.1 Å². The van der Waals surface area contributed by atoms with Crippen LogP contribution in [0.15, 0.2) is 90.7 Å². The molecule has 0 radical (unpaired) electrons. The minimum Gasteiger partial charge on any atom is -0.489 e. The van der Waals surface area contributed by atoms with Crippen molar-refractivity contribution in [1.29, 1.82) is 0 Å². The number of nitro groups is 1. The van der Waals surface area contributed by atoms with Crippen molar-refractivity contribution in [3.8, 4) is 0 Å². The van der Waals surface area contributed by atoms with Crippen LogP contribution in [0.4, 0.5) is 5.69 Å². The van der Waals surface area contributed by atoms with E-state index < -0.39 is 0 Å². The molecule has 0 amide bonds. The quantitative estimate of drug-likeness (QED) is 0.329. The second-order valence-corrected chi connectivity index (χ2v) is 7.62. The van der Waals surface area contributed by atoms with E-state index in [9.17, 15) is 10.1 Å². The fourth-order valence-electron chi connectivity index (χ4n) is 3.64. The van der Waals surface area contributed by atoms with E-state index in [0.29, 0.717) is 37.6 Å². The van der Waals surface area contributed by atoms with Crippen LogP contribution in [-0.4, -0.2) is 23.7 Å². The van der Waals surface area contributed by atoms with E-state index in [1.807, 2.05) is 60.7 Å². The molecule has 0 aliphatic carbocycles. The SMILES string of the molecule is O=[N+]([O-])c1ccccc1/C=C1/C[C@H](OCc2ccccc2)[C@@H](COCc2ccccc2)O1. The zero-order valence-electron chi connectivity index (χ0n) is 17.6. The molecular weight excluding hydrogens is 406 g/mol. The Labute approximate surface area is 187 Å². The first-order valence-electron chi connectivity index (χ1n) is 10.6. The monoisotopic (exact) mass is 431 g/mol. The maximum atomic E-state index is 11.4. The van der Waals surface area contributed by atoms with Crippen LogP contribution in [0.2, 0.25) is 0 Å². The Balaban J connectivity index is 1.46. The molecule has 1 aliphatic heterocycles. The molecule has 6 heteroatoms. The molecule has 2 atom stereocenters. The molecule has 1 fully saturated rings. The van der Waals surface area contributed by atoms with Crippen LogP contribution in [0.25, 0.3) is 6.08 Å². The van der Waals surface area contributed by atoms with Crippen molar-refractivity contribution >= 4 is 11.8 Å². The van der Waals surface area contributed by atoms with E-state index in [0.717, 1.165) is 11.1 Å². The van der Waals surface area contributed by atoms with Crippen LogP contribution in [0.1, 0.15) is 23.1 Å². The van der Waals surface area contributed by atoms with Gasteiger partial charge in [-0.05, 0) is 23.3 Å². The average molecular weight is 431 g/mol. The second kappa shape index (κ2) is 10.7. The third-order valence-electron chi connectivity index (χ3n) is 5.27. The van der Waals surface area contributed by atoms with Crippen molar-refractivity contribution in [2.24, 2.45) is 0 Å². The third-order valence-corrected chi connectivity index (χ3v) is 5.27. The minimum atomic E-state index is -0.384.